The molecule has 3 aromatic rings. The monoisotopic (exact) mass is 383 g/mol. The predicted molar refractivity (Wildman–Crippen MR) is 103 cm³/mol. The van der Waals surface area contributed by atoms with Gasteiger partial charge in [0, 0.05) is 23.4 Å². The Hall–Kier alpha value is -2.99. The highest BCUT2D eigenvalue weighted by Crippen LogP contribution is 2.39. The summed E-state index contributed by atoms with van der Waals surface area (Å²) in [5.41, 5.74) is 2.54. The van der Waals surface area contributed by atoms with Crippen LogP contribution in [0.5, 0.6) is 11.5 Å². The second kappa shape index (κ2) is 6.96. The Kier molecular flexibility index (Phi) is 4.49. The van der Waals surface area contributed by atoms with Gasteiger partial charge in [-0.1, -0.05) is 23.7 Å². The quantitative estimate of drug-likeness (QED) is 0.739. The molecule has 4 rings (SSSR count). The van der Waals surface area contributed by atoms with Crippen molar-refractivity contribution in [2.24, 2.45) is 0 Å². The molecule has 0 fully saturated rings. The number of benzene rings is 2. The molecule has 1 atom stereocenters. The number of methoxy groups -OCH3 is 2. The SMILES string of the molecule is COc1ccc(OC)c(-n2cnc3c2NC(=O)CC3c2ccc(Cl)cc2)c1. The van der Waals surface area contributed by atoms with Gasteiger partial charge >= 0.3 is 0 Å². The number of hydrogen-bond donors (Lipinski definition) is 1. The molecule has 1 amide bonds. The number of carbonyl (C=O) groups is 1. The molecule has 27 heavy (non-hydrogen) atoms. The molecule has 1 unspecified atom stereocenters. The van der Waals surface area contributed by atoms with E-state index in [0.717, 1.165) is 16.9 Å². The Balaban J connectivity index is 1.84. The molecule has 0 aliphatic carbocycles. The van der Waals surface area contributed by atoms with Gasteiger partial charge < -0.3 is 14.8 Å². The molecule has 6 nitrogen and oxygen atoms in total. The van der Waals surface area contributed by atoms with Crippen LogP contribution in [0.4, 0.5) is 5.82 Å². The van der Waals surface area contributed by atoms with Crippen LogP contribution in [0.1, 0.15) is 23.6 Å². The topological polar surface area (TPSA) is 65.4 Å². The van der Waals surface area contributed by atoms with Gasteiger partial charge in [-0.15, -0.1) is 0 Å². The van der Waals surface area contributed by atoms with Gasteiger partial charge in [-0.2, -0.15) is 0 Å². The van der Waals surface area contributed by atoms with Crippen LogP contribution in [-0.4, -0.2) is 29.7 Å². The number of carbonyl (C=O) groups excluding carboxylic acids is 1. The molecule has 0 bridgehead atoms. The molecule has 1 N–H and O–H groups in total. The lowest BCUT2D eigenvalue weighted by atomic mass is 9.90. The fourth-order valence-electron chi connectivity index (χ4n) is 3.35. The Morgan fingerprint density at radius 1 is 1.15 bits per heavy atom. The van der Waals surface area contributed by atoms with Crippen LogP contribution in [-0.2, 0) is 4.79 Å². The summed E-state index contributed by atoms with van der Waals surface area (Å²) in [5, 5.41) is 3.60. The standard InChI is InChI=1S/C20H18ClN3O3/c1-26-14-7-8-17(27-2)16(9-14)24-11-22-19-15(10-18(25)23-20(19)24)12-3-5-13(21)6-4-12/h3-9,11,15H,10H2,1-2H3,(H,23,25). The summed E-state index contributed by atoms with van der Waals surface area (Å²) in [7, 11) is 3.21. The van der Waals surface area contributed by atoms with E-state index in [4.69, 9.17) is 21.1 Å². The molecule has 0 saturated carbocycles. The van der Waals surface area contributed by atoms with Gasteiger partial charge in [-0.25, -0.2) is 4.98 Å². The van der Waals surface area contributed by atoms with Crippen molar-refractivity contribution in [3.8, 4) is 17.2 Å². The van der Waals surface area contributed by atoms with E-state index in [-0.39, 0.29) is 11.8 Å². The maximum absolute atomic E-state index is 12.4. The van der Waals surface area contributed by atoms with Crippen molar-refractivity contribution in [3.63, 3.8) is 0 Å². The van der Waals surface area contributed by atoms with Crippen molar-refractivity contribution in [2.45, 2.75) is 12.3 Å². The second-order valence-electron chi connectivity index (χ2n) is 6.24. The largest absolute Gasteiger partial charge is 0.497 e. The summed E-state index contributed by atoms with van der Waals surface area (Å²) in [6.07, 6.45) is 2.03. The van der Waals surface area contributed by atoms with Crippen molar-refractivity contribution < 1.29 is 14.3 Å². The number of amides is 1. The average molecular weight is 384 g/mol. The number of rotatable bonds is 4. The van der Waals surface area contributed by atoms with Crippen molar-refractivity contribution in [1.29, 1.82) is 0 Å². The van der Waals surface area contributed by atoms with Crippen LogP contribution in [0.15, 0.2) is 48.8 Å². The predicted octanol–water partition coefficient (Wildman–Crippen LogP) is 4.02. The second-order valence-corrected chi connectivity index (χ2v) is 6.68. The van der Waals surface area contributed by atoms with Gasteiger partial charge in [-0.3, -0.25) is 9.36 Å². The first-order valence-corrected chi connectivity index (χ1v) is 8.83. The van der Waals surface area contributed by atoms with Gasteiger partial charge in [-0.05, 0) is 29.8 Å². The number of aromatic nitrogens is 2. The molecule has 1 aromatic heterocycles. The number of anilines is 1. The van der Waals surface area contributed by atoms with Gasteiger partial charge in [0.1, 0.15) is 23.6 Å². The number of fused-ring (bicyclic) bond motifs is 1. The van der Waals surface area contributed by atoms with Gasteiger partial charge in [0.15, 0.2) is 0 Å². The van der Waals surface area contributed by atoms with E-state index in [9.17, 15) is 4.79 Å². The fraction of sp³-hybridized carbons (Fsp3) is 0.200. The van der Waals surface area contributed by atoms with Crippen LogP contribution in [0.2, 0.25) is 5.02 Å². The Labute approximate surface area is 161 Å². The van der Waals surface area contributed by atoms with Gasteiger partial charge in [0.25, 0.3) is 0 Å². The summed E-state index contributed by atoms with van der Waals surface area (Å²) < 4.78 is 12.6. The first-order valence-electron chi connectivity index (χ1n) is 8.45. The first-order chi connectivity index (χ1) is 13.1. The lowest BCUT2D eigenvalue weighted by Gasteiger charge is -2.24. The van der Waals surface area contributed by atoms with E-state index in [1.807, 2.05) is 47.0 Å². The molecule has 138 valence electrons. The zero-order valence-electron chi connectivity index (χ0n) is 14.9. The number of ether oxygens (including phenoxy) is 2. The van der Waals surface area contributed by atoms with Crippen LogP contribution < -0.4 is 14.8 Å². The molecule has 0 radical (unpaired) electrons. The summed E-state index contributed by atoms with van der Waals surface area (Å²) in [5.74, 6) is 1.77. The van der Waals surface area contributed by atoms with Crippen LogP contribution in [0.3, 0.4) is 0 Å². The minimum Gasteiger partial charge on any atom is -0.497 e. The maximum atomic E-state index is 12.4. The van der Waals surface area contributed by atoms with Gasteiger partial charge in [0.2, 0.25) is 5.91 Å². The highest BCUT2D eigenvalue weighted by Gasteiger charge is 2.31. The van der Waals surface area contributed by atoms with Crippen molar-refractivity contribution in [2.75, 3.05) is 19.5 Å². The fourth-order valence-corrected chi connectivity index (χ4v) is 3.47. The first kappa shape index (κ1) is 17.4. The Bertz CT molecular complexity index is 998. The third-order valence-electron chi connectivity index (χ3n) is 4.69. The highest BCUT2D eigenvalue weighted by molar-refractivity contribution is 6.30. The average Bonchev–Trinajstić information content (AvgIpc) is 3.11. The summed E-state index contributed by atoms with van der Waals surface area (Å²) in [4.78, 5) is 17.0. The molecule has 1 aliphatic rings. The van der Waals surface area contributed by atoms with E-state index in [2.05, 4.69) is 10.3 Å². The number of hydrogen-bond acceptors (Lipinski definition) is 4. The van der Waals surface area contributed by atoms with Crippen LogP contribution >= 0.6 is 11.6 Å². The van der Waals surface area contributed by atoms with E-state index in [0.29, 0.717) is 28.8 Å². The summed E-state index contributed by atoms with van der Waals surface area (Å²) in [6, 6.07) is 13.0. The van der Waals surface area contributed by atoms with Crippen molar-refractivity contribution in [1.82, 2.24) is 9.55 Å². The third kappa shape index (κ3) is 3.13. The summed E-state index contributed by atoms with van der Waals surface area (Å²) >= 11 is 6.00. The third-order valence-corrected chi connectivity index (χ3v) is 4.94. The molecule has 0 saturated heterocycles. The summed E-state index contributed by atoms with van der Waals surface area (Å²) in [6.45, 7) is 0. The molecule has 7 heteroatoms. The van der Waals surface area contributed by atoms with E-state index in [1.165, 1.54) is 0 Å². The lowest BCUT2D eigenvalue weighted by Crippen LogP contribution is -2.25. The number of nitrogens with zero attached hydrogens (tertiary/aromatic N) is 2. The molecule has 1 aliphatic heterocycles. The molecule has 2 aromatic carbocycles. The lowest BCUT2D eigenvalue weighted by molar-refractivity contribution is -0.116. The maximum Gasteiger partial charge on any atom is 0.226 e. The van der Waals surface area contributed by atoms with Crippen molar-refractivity contribution >= 4 is 23.3 Å². The zero-order valence-corrected chi connectivity index (χ0v) is 15.7. The normalized spacial score (nSPS) is 15.8. The van der Waals surface area contributed by atoms with Gasteiger partial charge in [0.05, 0.1) is 25.6 Å². The Morgan fingerprint density at radius 3 is 2.63 bits per heavy atom. The van der Waals surface area contributed by atoms with Crippen molar-refractivity contribution in [3.05, 3.63) is 65.1 Å². The molecular weight excluding hydrogens is 366 g/mol. The number of imidazole rings is 1. The smallest absolute Gasteiger partial charge is 0.226 e. The Morgan fingerprint density at radius 2 is 1.93 bits per heavy atom. The highest BCUT2D eigenvalue weighted by atomic mass is 35.5. The molecule has 0 spiro atoms. The van der Waals surface area contributed by atoms with E-state index in [1.54, 1.807) is 20.5 Å². The molecular formula is C20H18ClN3O3. The minimum atomic E-state index is -0.135. The van der Waals surface area contributed by atoms with Crippen LogP contribution in [0, 0.1) is 0 Å². The zero-order chi connectivity index (χ0) is 19.0. The van der Waals surface area contributed by atoms with E-state index >= 15 is 0 Å². The van der Waals surface area contributed by atoms with E-state index < -0.39 is 0 Å². The minimum absolute atomic E-state index is 0.0638. The number of nitrogens with one attached hydrogen (secondary N) is 1. The number of halogens is 1. The molecule has 2 heterocycles. The van der Waals surface area contributed by atoms with Crippen LogP contribution in [0.25, 0.3) is 5.69 Å².